The fourth-order valence-electron chi connectivity index (χ4n) is 1.45. The predicted molar refractivity (Wildman–Crippen MR) is 71.0 cm³/mol. The molecular weight excluding hydrogens is 234 g/mol. The zero-order valence-corrected chi connectivity index (χ0v) is 11.2. The molecule has 1 heterocycles. The van der Waals surface area contributed by atoms with Gasteiger partial charge in [0.2, 0.25) is 11.8 Å². The number of rotatable bonds is 6. The maximum Gasteiger partial charge on any atom is 0.329 e. The van der Waals surface area contributed by atoms with E-state index in [2.05, 4.69) is 29.1 Å². The van der Waals surface area contributed by atoms with Gasteiger partial charge in [0.1, 0.15) is 6.20 Å². The highest BCUT2D eigenvalue weighted by Crippen LogP contribution is 2.25. The van der Waals surface area contributed by atoms with Gasteiger partial charge >= 0.3 is 5.69 Å². The largest absolute Gasteiger partial charge is 0.357 e. The summed E-state index contributed by atoms with van der Waals surface area (Å²) in [6.45, 7) is 4.95. The second-order valence-corrected chi connectivity index (χ2v) is 4.51. The van der Waals surface area contributed by atoms with Gasteiger partial charge < -0.3 is 10.2 Å². The maximum absolute atomic E-state index is 10.9. The third-order valence-corrected chi connectivity index (χ3v) is 2.57. The number of anilines is 2. The first kappa shape index (κ1) is 14.1. The highest BCUT2D eigenvalue weighted by atomic mass is 16.6. The fourth-order valence-corrected chi connectivity index (χ4v) is 1.45. The molecule has 1 rings (SSSR count). The van der Waals surface area contributed by atoms with Crippen molar-refractivity contribution in [3.8, 4) is 0 Å². The molecule has 0 radical (unpaired) electrons. The molecule has 1 aromatic rings. The molecular formula is C11H19N5O2. The molecule has 0 atom stereocenters. The Balaban J connectivity index is 2.99. The fraction of sp³-hybridized carbons (Fsp3) is 0.636. The molecule has 18 heavy (non-hydrogen) atoms. The SMILES string of the molecule is CNc1ncc([N+](=O)[O-])c(N(C)CCC(C)C)n1. The molecule has 0 bridgehead atoms. The Kier molecular flexibility index (Phi) is 4.82. The van der Waals surface area contributed by atoms with Crippen LogP contribution in [0, 0.1) is 16.0 Å². The second-order valence-electron chi connectivity index (χ2n) is 4.51. The quantitative estimate of drug-likeness (QED) is 0.615. The van der Waals surface area contributed by atoms with Gasteiger partial charge in [-0.1, -0.05) is 13.8 Å². The number of nitrogens with zero attached hydrogens (tertiary/aromatic N) is 4. The number of nitrogens with one attached hydrogen (secondary N) is 1. The van der Waals surface area contributed by atoms with Crippen molar-refractivity contribution < 1.29 is 4.92 Å². The van der Waals surface area contributed by atoms with Crippen LogP contribution in [-0.4, -0.2) is 35.5 Å². The van der Waals surface area contributed by atoms with Gasteiger partial charge in [-0.25, -0.2) is 4.98 Å². The van der Waals surface area contributed by atoms with Crippen molar-refractivity contribution >= 4 is 17.5 Å². The number of aromatic nitrogens is 2. The van der Waals surface area contributed by atoms with Gasteiger partial charge in [0, 0.05) is 20.6 Å². The van der Waals surface area contributed by atoms with Crippen LogP contribution in [0.15, 0.2) is 6.20 Å². The standard InChI is InChI=1S/C11H19N5O2/c1-8(2)5-6-15(4)10-9(16(17)18)7-13-11(12-3)14-10/h7-8H,5-6H2,1-4H3,(H,12,13,14). The van der Waals surface area contributed by atoms with Crippen LogP contribution in [0.5, 0.6) is 0 Å². The summed E-state index contributed by atoms with van der Waals surface area (Å²) in [5, 5.41) is 13.7. The first-order valence-electron chi connectivity index (χ1n) is 5.86. The minimum atomic E-state index is -0.458. The van der Waals surface area contributed by atoms with E-state index in [1.54, 1.807) is 19.0 Å². The van der Waals surface area contributed by atoms with E-state index in [9.17, 15) is 10.1 Å². The molecule has 0 saturated heterocycles. The molecule has 7 nitrogen and oxygen atoms in total. The number of hydrogen-bond donors (Lipinski definition) is 1. The van der Waals surface area contributed by atoms with Crippen LogP contribution in [0.1, 0.15) is 20.3 Å². The molecule has 7 heteroatoms. The van der Waals surface area contributed by atoms with Crippen LogP contribution in [0.4, 0.5) is 17.5 Å². The van der Waals surface area contributed by atoms with Crippen LogP contribution in [0.25, 0.3) is 0 Å². The van der Waals surface area contributed by atoms with Gasteiger partial charge in [-0.3, -0.25) is 10.1 Å². The van der Waals surface area contributed by atoms with Gasteiger partial charge in [0.05, 0.1) is 4.92 Å². The minimum Gasteiger partial charge on any atom is -0.357 e. The first-order chi connectivity index (χ1) is 8.45. The highest BCUT2D eigenvalue weighted by molar-refractivity contribution is 5.58. The van der Waals surface area contributed by atoms with E-state index in [4.69, 9.17) is 0 Å². The predicted octanol–water partition coefficient (Wildman–Crippen LogP) is 1.91. The minimum absolute atomic E-state index is 0.0692. The molecule has 1 N–H and O–H groups in total. The summed E-state index contributed by atoms with van der Waals surface area (Å²) < 4.78 is 0. The van der Waals surface area contributed by atoms with Gasteiger partial charge in [0.15, 0.2) is 0 Å². The van der Waals surface area contributed by atoms with E-state index in [-0.39, 0.29) is 5.69 Å². The third kappa shape index (κ3) is 3.54. The molecule has 0 amide bonds. The van der Waals surface area contributed by atoms with Crippen LogP contribution in [0.3, 0.4) is 0 Å². The van der Waals surface area contributed by atoms with Crippen molar-refractivity contribution in [1.29, 1.82) is 0 Å². The smallest absolute Gasteiger partial charge is 0.329 e. The summed E-state index contributed by atoms with van der Waals surface area (Å²) >= 11 is 0. The van der Waals surface area contributed by atoms with Crippen molar-refractivity contribution in [1.82, 2.24) is 9.97 Å². The first-order valence-corrected chi connectivity index (χ1v) is 5.86. The molecule has 0 unspecified atom stereocenters. The Labute approximate surface area is 106 Å². The highest BCUT2D eigenvalue weighted by Gasteiger charge is 2.20. The summed E-state index contributed by atoms with van der Waals surface area (Å²) in [4.78, 5) is 20.3. The van der Waals surface area contributed by atoms with Crippen molar-refractivity contribution in [3.63, 3.8) is 0 Å². The molecule has 0 spiro atoms. The average Bonchev–Trinajstić information content (AvgIpc) is 2.34. The van der Waals surface area contributed by atoms with Crippen LogP contribution in [-0.2, 0) is 0 Å². The van der Waals surface area contributed by atoms with Gasteiger partial charge in [0.25, 0.3) is 0 Å². The average molecular weight is 253 g/mol. The lowest BCUT2D eigenvalue weighted by Gasteiger charge is -2.19. The van der Waals surface area contributed by atoms with Gasteiger partial charge in [-0.2, -0.15) is 4.98 Å². The van der Waals surface area contributed by atoms with Gasteiger partial charge in [-0.15, -0.1) is 0 Å². The zero-order valence-electron chi connectivity index (χ0n) is 11.2. The third-order valence-electron chi connectivity index (χ3n) is 2.57. The topological polar surface area (TPSA) is 84.2 Å². The molecule has 0 aliphatic heterocycles. The maximum atomic E-state index is 10.9. The van der Waals surface area contributed by atoms with E-state index in [0.29, 0.717) is 17.7 Å². The normalized spacial score (nSPS) is 10.5. The molecule has 0 aliphatic carbocycles. The number of hydrogen-bond acceptors (Lipinski definition) is 6. The molecule has 1 aromatic heterocycles. The van der Waals surface area contributed by atoms with Crippen molar-refractivity contribution in [2.75, 3.05) is 30.9 Å². The van der Waals surface area contributed by atoms with E-state index in [0.717, 1.165) is 13.0 Å². The van der Waals surface area contributed by atoms with E-state index in [1.165, 1.54) is 6.20 Å². The van der Waals surface area contributed by atoms with Crippen molar-refractivity contribution in [2.24, 2.45) is 5.92 Å². The van der Waals surface area contributed by atoms with Crippen molar-refractivity contribution in [3.05, 3.63) is 16.3 Å². The molecule has 0 aliphatic rings. The summed E-state index contributed by atoms with van der Waals surface area (Å²) in [7, 11) is 3.48. The monoisotopic (exact) mass is 253 g/mol. The lowest BCUT2D eigenvalue weighted by atomic mass is 10.1. The van der Waals surface area contributed by atoms with Crippen LogP contribution >= 0.6 is 0 Å². The Bertz CT molecular complexity index is 422. The summed E-state index contributed by atoms with van der Waals surface area (Å²) in [5.74, 6) is 1.27. The molecule has 0 fully saturated rings. The summed E-state index contributed by atoms with van der Waals surface area (Å²) in [6, 6.07) is 0. The Morgan fingerprint density at radius 2 is 2.22 bits per heavy atom. The van der Waals surface area contributed by atoms with Crippen molar-refractivity contribution in [2.45, 2.75) is 20.3 Å². The number of nitro groups is 1. The van der Waals surface area contributed by atoms with E-state index in [1.807, 2.05) is 0 Å². The lowest BCUT2D eigenvalue weighted by Crippen LogP contribution is -2.22. The Morgan fingerprint density at radius 3 is 2.72 bits per heavy atom. The van der Waals surface area contributed by atoms with Crippen LogP contribution < -0.4 is 10.2 Å². The molecule has 0 saturated carbocycles. The van der Waals surface area contributed by atoms with E-state index >= 15 is 0 Å². The summed E-state index contributed by atoms with van der Waals surface area (Å²) in [5.41, 5.74) is -0.0692. The Hall–Kier alpha value is -1.92. The van der Waals surface area contributed by atoms with Gasteiger partial charge in [-0.05, 0) is 12.3 Å². The van der Waals surface area contributed by atoms with E-state index < -0.39 is 4.92 Å². The lowest BCUT2D eigenvalue weighted by molar-refractivity contribution is -0.384. The zero-order chi connectivity index (χ0) is 13.7. The van der Waals surface area contributed by atoms with Crippen LogP contribution in [0.2, 0.25) is 0 Å². The second kappa shape index (κ2) is 6.13. The molecule has 100 valence electrons. The summed E-state index contributed by atoms with van der Waals surface area (Å²) in [6.07, 6.45) is 2.19. The Morgan fingerprint density at radius 1 is 1.56 bits per heavy atom. The molecule has 0 aromatic carbocycles.